The quantitative estimate of drug-likeness (QED) is 0.675. The van der Waals surface area contributed by atoms with Gasteiger partial charge in [-0.15, -0.1) is 0 Å². The summed E-state index contributed by atoms with van der Waals surface area (Å²) in [6.07, 6.45) is 1.66. The number of hydrogen-bond acceptors (Lipinski definition) is 3. The van der Waals surface area contributed by atoms with E-state index in [1.54, 1.807) is 60.8 Å². The van der Waals surface area contributed by atoms with Gasteiger partial charge in [0.05, 0.1) is 11.4 Å². The minimum absolute atomic E-state index is 0.169. The van der Waals surface area contributed by atoms with Gasteiger partial charge in [-0.2, -0.15) is 0 Å². The largest absolute Gasteiger partial charge is 0.324 e. The standard InChI is InChI=1S/C21H18ClN3O2/c1-13-17(22)5-3-6-18(13)25-21(27)16-10-8-15(9-11-16)20-19(24-14(2)26)7-4-12-23-20/h3-12H,1-2H3,(H,24,26)(H,25,27). The van der Waals surface area contributed by atoms with Gasteiger partial charge in [-0.3, -0.25) is 14.6 Å². The van der Waals surface area contributed by atoms with Gasteiger partial charge in [0.1, 0.15) is 0 Å². The molecule has 6 heteroatoms. The number of carbonyl (C=O) groups is 2. The molecule has 136 valence electrons. The van der Waals surface area contributed by atoms with Crippen molar-refractivity contribution in [2.75, 3.05) is 10.6 Å². The number of nitrogens with one attached hydrogen (secondary N) is 2. The number of halogens is 1. The maximum absolute atomic E-state index is 12.5. The highest BCUT2D eigenvalue weighted by Gasteiger charge is 2.11. The first-order chi connectivity index (χ1) is 13.0. The maximum Gasteiger partial charge on any atom is 0.255 e. The number of aromatic nitrogens is 1. The molecule has 0 radical (unpaired) electrons. The average molecular weight is 380 g/mol. The lowest BCUT2D eigenvalue weighted by molar-refractivity contribution is -0.114. The molecule has 0 atom stereocenters. The van der Waals surface area contributed by atoms with Gasteiger partial charge >= 0.3 is 0 Å². The normalized spacial score (nSPS) is 10.3. The van der Waals surface area contributed by atoms with E-state index in [4.69, 9.17) is 11.6 Å². The summed E-state index contributed by atoms with van der Waals surface area (Å²) in [5, 5.41) is 6.23. The highest BCUT2D eigenvalue weighted by atomic mass is 35.5. The molecule has 2 amide bonds. The fourth-order valence-corrected chi connectivity index (χ4v) is 2.82. The van der Waals surface area contributed by atoms with E-state index in [0.29, 0.717) is 27.7 Å². The summed E-state index contributed by atoms with van der Waals surface area (Å²) < 4.78 is 0. The molecule has 2 N–H and O–H groups in total. The lowest BCUT2D eigenvalue weighted by Crippen LogP contribution is -2.12. The van der Waals surface area contributed by atoms with E-state index in [2.05, 4.69) is 15.6 Å². The second-order valence-electron chi connectivity index (χ2n) is 6.02. The summed E-state index contributed by atoms with van der Waals surface area (Å²) in [5.74, 6) is -0.396. The summed E-state index contributed by atoms with van der Waals surface area (Å²) in [6, 6.07) is 15.9. The van der Waals surface area contributed by atoms with Crippen molar-refractivity contribution in [2.45, 2.75) is 13.8 Å². The Morgan fingerprint density at radius 1 is 0.926 bits per heavy atom. The molecule has 0 unspecified atom stereocenters. The van der Waals surface area contributed by atoms with Gasteiger partial charge in [0, 0.05) is 35.0 Å². The Morgan fingerprint density at radius 2 is 1.63 bits per heavy atom. The molecule has 0 bridgehead atoms. The van der Waals surface area contributed by atoms with Crippen LogP contribution < -0.4 is 10.6 Å². The Hall–Kier alpha value is -3.18. The molecule has 0 spiro atoms. The number of anilines is 2. The van der Waals surface area contributed by atoms with Crippen LogP contribution >= 0.6 is 11.6 Å². The summed E-state index contributed by atoms with van der Waals surface area (Å²) in [5.41, 5.74) is 4.07. The smallest absolute Gasteiger partial charge is 0.255 e. The Labute approximate surface area is 162 Å². The molecule has 1 aromatic heterocycles. The van der Waals surface area contributed by atoms with Crippen molar-refractivity contribution in [1.82, 2.24) is 4.98 Å². The molecule has 27 heavy (non-hydrogen) atoms. The van der Waals surface area contributed by atoms with Gasteiger partial charge in [0.2, 0.25) is 5.91 Å². The number of nitrogens with zero attached hydrogens (tertiary/aromatic N) is 1. The van der Waals surface area contributed by atoms with Gasteiger partial charge in [-0.05, 0) is 48.9 Å². The highest BCUT2D eigenvalue weighted by molar-refractivity contribution is 6.31. The number of pyridine rings is 1. The molecule has 1 heterocycles. The van der Waals surface area contributed by atoms with E-state index in [-0.39, 0.29) is 11.8 Å². The SMILES string of the molecule is CC(=O)Nc1cccnc1-c1ccc(C(=O)Nc2cccc(Cl)c2C)cc1. The van der Waals surface area contributed by atoms with Crippen molar-refractivity contribution in [3.05, 3.63) is 76.9 Å². The monoisotopic (exact) mass is 379 g/mol. The molecule has 0 aliphatic heterocycles. The van der Waals surface area contributed by atoms with Crippen LogP contribution in [0.4, 0.5) is 11.4 Å². The zero-order valence-corrected chi connectivity index (χ0v) is 15.7. The van der Waals surface area contributed by atoms with Crippen LogP contribution in [-0.4, -0.2) is 16.8 Å². The predicted molar refractivity (Wildman–Crippen MR) is 108 cm³/mol. The Bertz CT molecular complexity index is 1000. The first-order valence-corrected chi connectivity index (χ1v) is 8.73. The summed E-state index contributed by atoms with van der Waals surface area (Å²) >= 11 is 6.09. The lowest BCUT2D eigenvalue weighted by atomic mass is 10.1. The van der Waals surface area contributed by atoms with Crippen LogP contribution in [0, 0.1) is 6.92 Å². The number of benzene rings is 2. The lowest BCUT2D eigenvalue weighted by Gasteiger charge is -2.11. The third kappa shape index (κ3) is 4.33. The topological polar surface area (TPSA) is 71.1 Å². The molecule has 0 aliphatic rings. The van der Waals surface area contributed by atoms with Gasteiger partial charge in [0.15, 0.2) is 0 Å². The van der Waals surface area contributed by atoms with Gasteiger partial charge in [0.25, 0.3) is 5.91 Å². The number of hydrogen-bond donors (Lipinski definition) is 2. The van der Waals surface area contributed by atoms with E-state index in [9.17, 15) is 9.59 Å². The van der Waals surface area contributed by atoms with Crippen molar-refractivity contribution in [3.63, 3.8) is 0 Å². The first-order valence-electron chi connectivity index (χ1n) is 8.35. The van der Waals surface area contributed by atoms with Crippen LogP contribution in [0.25, 0.3) is 11.3 Å². The van der Waals surface area contributed by atoms with Gasteiger partial charge in [-0.25, -0.2) is 0 Å². The molecule has 3 rings (SSSR count). The zero-order chi connectivity index (χ0) is 19.4. The van der Waals surface area contributed by atoms with Crippen molar-refractivity contribution in [1.29, 1.82) is 0 Å². The minimum Gasteiger partial charge on any atom is -0.324 e. The van der Waals surface area contributed by atoms with Crippen LogP contribution in [0.2, 0.25) is 5.02 Å². The van der Waals surface area contributed by atoms with Gasteiger partial charge < -0.3 is 10.6 Å². The van der Waals surface area contributed by atoms with Crippen LogP contribution in [0.15, 0.2) is 60.8 Å². The zero-order valence-electron chi connectivity index (χ0n) is 14.9. The van der Waals surface area contributed by atoms with E-state index in [0.717, 1.165) is 11.1 Å². The van der Waals surface area contributed by atoms with E-state index in [1.807, 2.05) is 6.92 Å². The number of amides is 2. The third-order valence-corrected chi connectivity index (χ3v) is 4.46. The van der Waals surface area contributed by atoms with E-state index < -0.39 is 0 Å². The molecule has 0 fully saturated rings. The van der Waals surface area contributed by atoms with Crippen LogP contribution in [0.3, 0.4) is 0 Å². The molecule has 5 nitrogen and oxygen atoms in total. The fourth-order valence-electron chi connectivity index (χ4n) is 2.64. The molecule has 2 aromatic carbocycles. The number of rotatable bonds is 4. The fraction of sp³-hybridized carbons (Fsp3) is 0.0952. The summed E-state index contributed by atoms with van der Waals surface area (Å²) in [4.78, 5) is 28.2. The second-order valence-corrected chi connectivity index (χ2v) is 6.43. The minimum atomic E-state index is -0.227. The number of carbonyl (C=O) groups excluding carboxylic acids is 2. The van der Waals surface area contributed by atoms with Gasteiger partial charge in [-0.1, -0.05) is 29.8 Å². The molecular formula is C21H18ClN3O2. The van der Waals surface area contributed by atoms with Crippen molar-refractivity contribution in [2.24, 2.45) is 0 Å². The van der Waals surface area contributed by atoms with Crippen molar-refractivity contribution in [3.8, 4) is 11.3 Å². The first kappa shape index (κ1) is 18.6. The molecular weight excluding hydrogens is 362 g/mol. The van der Waals surface area contributed by atoms with Crippen molar-refractivity contribution < 1.29 is 9.59 Å². The van der Waals surface area contributed by atoms with Crippen LogP contribution in [-0.2, 0) is 4.79 Å². The predicted octanol–water partition coefficient (Wildman–Crippen LogP) is 4.92. The van der Waals surface area contributed by atoms with E-state index in [1.165, 1.54) is 6.92 Å². The van der Waals surface area contributed by atoms with E-state index >= 15 is 0 Å². The Morgan fingerprint density at radius 3 is 2.33 bits per heavy atom. The molecule has 3 aromatic rings. The second kappa shape index (κ2) is 8.01. The third-order valence-electron chi connectivity index (χ3n) is 4.05. The van der Waals surface area contributed by atoms with Crippen molar-refractivity contribution >= 4 is 34.8 Å². The highest BCUT2D eigenvalue weighted by Crippen LogP contribution is 2.27. The van der Waals surface area contributed by atoms with Crippen LogP contribution in [0.1, 0.15) is 22.8 Å². The maximum atomic E-state index is 12.5. The summed E-state index contributed by atoms with van der Waals surface area (Å²) in [6.45, 7) is 3.30. The molecule has 0 saturated carbocycles. The Kier molecular flexibility index (Phi) is 5.52. The molecule has 0 saturated heterocycles. The Balaban J connectivity index is 1.83. The summed E-state index contributed by atoms with van der Waals surface area (Å²) in [7, 11) is 0. The van der Waals surface area contributed by atoms with Crippen LogP contribution in [0.5, 0.6) is 0 Å². The molecule has 0 aliphatic carbocycles. The average Bonchev–Trinajstić information content (AvgIpc) is 2.65.